The molecule has 1 atom stereocenters. The van der Waals surface area contributed by atoms with Crippen molar-refractivity contribution in [1.82, 2.24) is 31.5 Å². The second-order valence-corrected chi connectivity index (χ2v) is 13.9. The zero-order valence-corrected chi connectivity index (χ0v) is 30.9. The molecule has 0 bridgehead atoms. The van der Waals surface area contributed by atoms with E-state index < -0.39 is 47.2 Å². The van der Waals surface area contributed by atoms with Gasteiger partial charge in [-0.1, -0.05) is 35.6 Å². The van der Waals surface area contributed by atoms with Gasteiger partial charge in [-0.25, -0.2) is 24.8 Å². The highest BCUT2D eigenvalue weighted by molar-refractivity contribution is 6.32. The maximum absolute atomic E-state index is 13.1. The van der Waals surface area contributed by atoms with Crippen LogP contribution in [0.1, 0.15) is 73.4 Å². The van der Waals surface area contributed by atoms with Crippen molar-refractivity contribution in [3.8, 4) is 23.1 Å². The zero-order chi connectivity index (χ0) is 38.9. The molecule has 276 valence electrons. The molecule has 0 aliphatic heterocycles. The number of rotatable bonds is 7. The molecule has 4 amide bonds. The number of fused-ring (bicyclic) bond motifs is 1. The number of carbonyl (C=O) groups excluding carboxylic acids is 5. The van der Waals surface area contributed by atoms with Crippen LogP contribution in [0.2, 0.25) is 5.02 Å². The van der Waals surface area contributed by atoms with Gasteiger partial charge in [0.25, 0.3) is 11.8 Å². The number of benzene rings is 2. The molecule has 2 heterocycles. The van der Waals surface area contributed by atoms with Crippen LogP contribution in [-0.4, -0.2) is 70.8 Å². The molecule has 53 heavy (non-hydrogen) atoms. The lowest BCUT2D eigenvalue weighted by molar-refractivity contribution is -0.142. The van der Waals surface area contributed by atoms with Crippen molar-refractivity contribution in [2.24, 2.45) is 0 Å². The van der Waals surface area contributed by atoms with Gasteiger partial charge in [0.1, 0.15) is 17.2 Å². The van der Waals surface area contributed by atoms with Gasteiger partial charge in [0.15, 0.2) is 0 Å². The van der Waals surface area contributed by atoms with Gasteiger partial charge in [0.05, 0.1) is 28.9 Å². The molecule has 2 aromatic heterocycles. The molecule has 0 saturated carbocycles. The average Bonchev–Trinajstić information content (AvgIpc) is 3.09. The fourth-order valence-corrected chi connectivity index (χ4v) is 4.81. The molecule has 4 aromatic rings. The number of alkyl carbamates (subject to hydrolysis) is 1. The smallest absolute Gasteiger partial charge is 0.426 e. The number of methoxy groups -OCH3 is 1. The van der Waals surface area contributed by atoms with E-state index in [1.807, 2.05) is 0 Å². The molecule has 0 aliphatic carbocycles. The molecular weight excluding hydrogens is 704 g/mol. The molecule has 2 aromatic carbocycles. The number of hydrogen-bond donors (Lipinski definition) is 4. The van der Waals surface area contributed by atoms with Crippen molar-refractivity contribution < 1.29 is 38.2 Å². The maximum Gasteiger partial charge on any atom is 0.426 e. The summed E-state index contributed by atoms with van der Waals surface area (Å²) in [7, 11) is 1.16. The number of ether oxygens (including phenoxy) is 3. The second-order valence-electron chi connectivity index (χ2n) is 13.5. The van der Waals surface area contributed by atoms with E-state index in [9.17, 15) is 24.0 Å². The fourth-order valence-electron chi connectivity index (χ4n) is 4.59. The molecule has 0 fully saturated rings. The van der Waals surface area contributed by atoms with Crippen LogP contribution in [0.3, 0.4) is 0 Å². The molecule has 4 N–H and O–H groups in total. The van der Waals surface area contributed by atoms with E-state index in [0.717, 1.165) is 7.11 Å². The summed E-state index contributed by atoms with van der Waals surface area (Å²) < 4.78 is 15.1. The summed E-state index contributed by atoms with van der Waals surface area (Å²) in [5, 5.41) is 5.69. The average molecular weight is 743 g/mol. The third-order valence-electron chi connectivity index (χ3n) is 6.93. The van der Waals surface area contributed by atoms with Crippen LogP contribution >= 0.6 is 11.6 Å². The van der Waals surface area contributed by atoms with Crippen molar-refractivity contribution in [3.63, 3.8) is 0 Å². The Balaban J connectivity index is 1.45. The van der Waals surface area contributed by atoms with Crippen LogP contribution < -0.4 is 21.5 Å². The Morgan fingerprint density at radius 1 is 0.830 bits per heavy atom. The molecule has 0 saturated heterocycles. The number of amides is 4. The van der Waals surface area contributed by atoms with Crippen molar-refractivity contribution in [3.05, 3.63) is 94.3 Å². The highest BCUT2D eigenvalue weighted by Gasteiger charge is 2.26. The summed E-state index contributed by atoms with van der Waals surface area (Å²) in [5.74, 6) is 4.15. The number of hydrazine groups is 1. The Labute approximate surface area is 311 Å². The molecule has 0 radical (unpaired) electrons. The number of hydrogen-bond acceptors (Lipinski definition) is 10. The highest BCUT2D eigenvalue weighted by Crippen LogP contribution is 2.25. The molecule has 0 spiro atoms. The first-order valence-corrected chi connectivity index (χ1v) is 16.6. The van der Waals surface area contributed by atoms with Gasteiger partial charge in [0, 0.05) is 46.6 Å². The van der Waals surface area contributed by atoms with Crippen LogP contribution in [0.25, 0.3) is 22.2 Å². The van der Waals surface area contributed by atoms with Crippen LogP contribution in [-0.2, 0) is 19.0 Å². The molecule has 1 unspecified atom stereocenters. The largest absolute Gasteiger partial charge is 0.467 e. The Bertz CT molecular complexity index is 2100. The van der Waals surface area contributed by atoms with E-state index >= 15 is 0 Å². The number of carbonyl (C=O) groups is 5. The van der Waals surface area contributed by atoms with Gasteiger partial charge in [-0.3, -0.25) is 20.0 Å². The Hall–Kier alpha value is -6.20. The van der Waals surface area contributed by atoms with E-state index in [1.165, 1.54) is 18.3 Å². The number of nitrogens with one attached hydrogen (secondary N) is 4. The van der Waals surface area contributed by atoms with Crippen molar-refractivity contribution in [1.29, 1.82) is 0 Å². The molecule has 0 aliphatic rings. The van der Waals surface area contributed by atoms with Crippen LogP contribution in [0.15, 0.2) is 67.0 Å². The molecule has 15 heteroatoms. The molecule has 14 nitrogen and oxygen atoms in total. The normalized spacial score (nSPS) is 11.6. The number of pyridine rings is 2. The number of esters is 1. The number of halogens is 1. The van der Waals surface area contributed by atoms with Gasteiger partial charge >= 0.3 is 18.2 Å². The van der Waals surface area contributed by atoms with E-state index in [0.29, 0.717) is 33.3 Å². The summed E-state index contributed by atoms with van der Waals surface area (Å²) in [6, 6.07) is 13.8. The maximum atomic E-state index is 13.1. The standard InChI is InChI=1S/C38H39ClN6O8/c1-37(2,3)52-35(49)43-31(34(48)51-7)21-41-32(46)25-15-14-23(28(39)18-25)11-8-22-9-12-24(13-10-22)30-19-26(27-20-40-17-16-29(27)42-30)33(47)44-45-36(50)53-38(4,5)6/h9-10,12-20,31H,21H2,1-7H3,(H,41,46)(H,43,49)(H,44,47)(H,45,50). The quantitative estimate of drug-likeness (QED) is 0.0836. The first-order chi connectivity index (χ1) is 24.9. The zero-order valence-electron chi connectivity index (χ0n) is 30.2. The fraction of sp³-hybridized carbons (Fsp3) is 0.289. The Morgan fingerprint density at radius 2 is 1.51 bits per heavy atom. The predicted molar refractivity (Wildman–Crippen MR) is 197 cm³/mol. The van der Waals surface area contributed by atoms with E-state index in [1.54, 1.807) is 90.2 Å². The lowest BCUT2D eigenvalue weighted by Crippen LogP contribution is -2.50. The SMILES string of the molecule is COC(=O)C(CNC(=O)c1ccc(C#Cc2ccc(-c3cc(C(=O)NNC(=O)OC(C)(C)C)c4cnccc4n3)cc2)c(Cl)c1)NC(=O)OC(C)(C)C. The summed E-state index contributed by atoms with van der Waals surface area (Å²) in [4.78, 5) is 71.2. The summed E-state index contributed by atoms with van der Waals surface area (Å²) in [6.45, 7) is 9.89. The van der Waals surface area contributed by atoms with E-state index in [2.05, 4.69) is 43.3 Å². The molecule has 4 rings (SSSR count). The highest BCUT2D eigenvalue weighted by atomic mass is 35.5. The lowest BCUT2D eigenvalue weighted by atomic mass is 10.0. The van der Waals surface area contributed by atoms with Crippen molar-refractivity contribution >= 4 is 52.5 Å². The minimum atomic E-state index is -1.19. The van der Waals surface area contributed by atoms with Gasteiger partial charge in [-0.05, 0) is 84.0 Å². The Kier molecular flexibility index (Phi) is 12.6. The first-order valence-electron chi connectivity index (χ1n) is 16.2. The van der Waals surface area contributed by atoms with Crippen molar-refractivity contribution in [2.45, 2.75) is 58.8 Å². The minimum absolute atomic E-state index is 0.207. The van der Waals surface area contributed by atoms with Gasteiger partial charge < -0.3 is 24.8 Å². The van der Waals surface area contributed by atoms with E-state index in [-0.39, 0.29) is 22.7 Å². The van der Waals surface area contributed by atoms with Crippen LogP contribution in [0.4, 0.5) is 9.59 Å². The van der Waals surface area contributed by atoms with Crippen LogP contribution in [0.5, 0.6) is 0 Å². The third kappa shape index (κ3) is 11.7. The van der Waals surface area contributed by atoms with Crippen molar-refractivity contribution in [2.75, 3.05) is 13.7 Å². The Morgan fingerprint density at radius 3 is 2.15 bits per heavy atom. The first kappa shape index (κ1) is 39.6. The van der Waals surface area contributed by atoms with Crippen LogP contribution in [0, 0.1) is 11.8 Å². The summed E-state index contributed by atoms with van der Waals surface area (Å²) >= 11 is 6.46. The summed E-state index contributed by atoms with van der Waals surface area (Å²) in [5.41, 5.74) is 6.39. The predicted octanol–water partition coefficient (Wildman–Crippen LogP) is 5.32. The monoisotopic (exact) mass is 742 g/mol. The minimum Gasteiger partial charge on any atom is -0.467 e. The lowest BCUT2D eigenvalue weighted by Gasteiger charge is -2.22. The number of nitrogens with zero attached hydrogens (tertiary/aromatic N) is 2. The molecular formula is C38H39ClN6O8. The summed E-state index contributed by atoms with van der Waals surface area (Å²) in [6.07, 6.45) is 1.44. The van der Waals surface area contributed by atoms with Gasteiger partial charge in [-0.2, -0.15) is 0 Å². The van der Waals surface area contributed by atoms with E-state index in [4.69, 9.17) is 25.8 Å². The van der Waals surface area contributed by atoms with Gasteiger partial charge in [-0.15, -0.1) is 0 Å². The topological polar surface area (TPSA) is 187 Å². The number of aromatic nitrogens is 2. The van der Waals surface area contributed by atoms with Gasteiger partial charge in [0.2, 0.25) is 0 Å². The third-order valence-corrected chi connectivity index (χ3v) is 7.24. The second kappa shape index (κ2) is 16.9.